The van der Waals surface area contributed by atoms with Gasteiger partial charge < -0.3 is 5.32 Å². The molecular weight excluding hydrogens is 188 g/mol. The molecule has 68 valence electrons. The van der Waals surface area contributed by atoms with Crippen molar-refractivity contribution in [3.05, 3.63) is 29.2 Å². The average Bonchev–Trinajstić information content (AvgIpc) is 2.49. The average molecular weight is 197 g/mol. The molecule has 0 saturated carbocycles. The lowest BCUT2D eigenvalue weighted by Gasteiger charge is -1.98. The van der Waals surface area contributed by atoms with Crippen molar-refractivity contribution in [3.63, 3.8) is 0 Å². The zero-order chi connectivity index (χ0) is 9.26. The van der Waals surface area contributed by atoms with Crippen LogP contribution < -0.4 is 5.32 Å². The normalized spacial score (nSPS) is 10.9. The highest BCUT2D eigenvalue weighted by molar-refractivity contribution is 6.29. The molecule has 2 rings (SSSR count). The predicted molar refractivity (Wildman–Crippen MR) is 50.8 cm³/mol. The number of halogens is 1. The van der Waals surface area contributed by atoms with Crippen LogP contribution in [0.5, 0.6) is 0 Å². The third kappa shape index (κ3) is 1.50. The van der Waals surface area contributed by atoms with Crippen molar-refractivity contribution < 1.29 is 0 Å². The topological polar surface area (TPSA) is 42.2 Å². The highest BCUT2D eigenvalue weighted by Crippen LogP contribution is 2.08. The summed E-state index contributed by atoms with van der Waals surface area (Å²) in [5, 5.41) is 7.65. The quantitative estimate of drug-likeness (QED) is 0.782. The highest BCUT2D eigenvalue weighted by atomic mass is 35.5. The van der Waals surface area contributed by atoms with E-state index >= 15 is 0 Å². The number of rotatable bonds is 2. The molecule has 2 aromatic heterocycles. The second kappa shape index (κ2) is 3.32. The zero-order valence-electron chi connectivity index (χ0n) is 7.16. The summed E-state index contributed by atoms with van der Waals surface area (Å²) in [5.74, 6) is 0. The highest BCUT2D eigenvalue weighted by Gasteiger charge is 2.02. The lowest BCUT2D eigenvalue weighted by Crippen LogP contribution is -2.08. The molecule has 0 atom stereocenters. The fourth-order valence-corrected chi connectivity index (χ4v) is 1.34. The van der Waals surface area contributed by atoms with E-state index in [1.165, 1.54) is 0 Å². The van der Waals surface area contributed by atoms with Gasteiger partial charge in [0.15, 0.2) is 5.65 Å². The van der Waals surface area contributed by atoms with Crippen LogP contribution in [0.2, 0.25) is 5.15 Å². The summed E-state index contributed by atoms with van der Waals surface area (Å²) < 4.78 is 1.73. The molecule has 0 saturated heterocycles. The molecule has 4 nitrogen and oxygen atoms in total. The Bertz CT molecular complexity index is 423. The Morgan fingerprint density at radius 3 is 3.15 bits per heavy atom. The van der Waals surface area contributed by atoms with Crippen LogP contribution in [0.3, 0.4) is 0 Å². The number of aromatic nitrogens is 3. The third-order valence-corrected chi connectivity index (χ3v) is 1.96. The van der Waals surface area contributed by atoms with Crippen molar-refractivity contribution in [1.29, 1.82) is 0 Å². The third-order valence-electron chi connectivity index (χ3n) is 1.76. The number of nitrogens with one attached hydrogen (secondary N) is 1. The van der Waals surface area contributed by atoms with E-state index in [9.17, 15) is 0 Å². The summed E-state index contributed by atoms with van der Waals surface area (Å²) in [6.45, 7) is 0.731. The summed E-state index contributed by atoms with van der Waals surface area (Å²) in [7, 11) is 1.88. The number of imidazole rings is 1. The molecule has 0 radical (unpaired) electrons. The molecule has 2 heterocycles. The van der Waals surface area contributed by atoms with E-state index in [2.05, 4.69) is 15.4 Å². The van der Waals surface area contributed by atoms with Crippen LogP contribution >= 0.6 is 11.6 Å². The molecule has 0 amide bonds. The summed E-state index contributed by atoms with van der Waals surface area (Å²) in [6, 6.07) is 3.57. The maximum absolute atomic E-state index is 5.77. The SMILES string of the molecule is CNCc1cnc2ccc(Cl)nn12. The minimum absolute atomic E-state index is 0.475. The van der Waals surface area contributed by atoms with E-state index in [1.807, 2.05) is 13.1 Å². The Morgan fingerprint density at radius 2 is 2.38 bits per heavy atom. The fourth-order valence-electron chi connectivity index (χ4n) is 1.20. The maximum Gasteiger partial charge on any atom is 0.153 e. The Balaban J connectivity index is 2.58. The van der Waals surface area contributed by atoms with Gasteiger partial charge in [-0.15, -0.1) is 0 Å². The molecule has 0 bridgehead atoms. The van der Waals surface area contributed by atoms with Crippen molar-refractivity contribution in [3.8, 4) is 0 Å². The summed E-state index contributed by atoms with van der Waals surface area (Å²) in [5.41, 5.74) is 1.81. The fraction of sp³-hybridized carbons (Fsp3) is 0.250. The van der Waals surface area contributed by atoms with Gasteiger partial charge in [-0.05, 0) is 19.2 Å². The van der Waals surface area contributed by atoms with Crippen molar-refractivity contribution in [2.75, 3.05) is 7.05 Å². The van der Waals surface area contributed by atoms with Gasteiger partial charge in [-0.2, -0.15) is 5.10 Å². The molecule has 0 spiro atoms. The molecule has 0 aliphatic heterocycles. The Hall–Kier alpha value is -1.13. The van der Waals surface area contributed by atoms with Gasteiger partial charge in [0.05, 0.1) is 11.9 Å². The van der Waals surface area contributed by atoms with Crippen LogP contribution in [0, 0.1) is 0 Å². The van der Waals surface area contributed by atoms with Gasteiger partial charge >= 0.3 is 0 Å². The summed E-state index contributed by atoms with van der Waals surface area (Å²) >= 11 is 5.77. The Labute approximate surface area is 80.5 Å². The van der Waals surface area contributed by atoms with Gasteiger partial charge in [0.1, 0.15) is 5.15 Å². The lowest BCUT2D eigenvalue weighted by molar-refractivity contribution is 0.749. The number of hydrogen-bond donors (Lipinski definition) is 1. The van der Waals surface area contributed by atoms with Crippen LogP contribution in [0.1, 0.15) is 5.69 Å². The van der Waals surface area contributed by atoms with Crippen molar-refractivity contribution in [1.82, 2.24) is 19.9 Å². The molecule has 13 heavy (non-hydrogen) atoms. The van der Waals surface area contributed by atoms with Crippen molar-refractivity contribution >= 4 is 17.2 Å². The Morgan fingerprint density at radius 1 is 1.54 bits per heavy atom. The Kier molecular flexibility index (Phi) is 2.16. The first-order valence-corrected chi connectivity index (χ1v) is 4.33. The van der Waals surface area contributed by atoms with Gasteiger partial charge in [-0.3, -0.25) is 0 Å². The molecule has 0 fully saturated rings. The monoisotopic (exact) mass is 196 g/mol. The van der Waals surface area contributed by atoms with Gasteiger partial charge in [0.2, 0.25) is 0 Å². The number of hydrogen-bond acceptors (Lipinski definition) is 3. The molecular formula is C8H9ClN4. The largest absolute Gasteiger partial charge is 0.314 e. The summed E-state index contributed by atoms with van der Waals surface area (Å²) in [4.78, 5) is 4.18. The van der Waals surface area contributed by atoms with E-state index < -0.39 is 0 Å². The van der Waals surface area contributed by atoms with Crippen molar-refractivity contribution in [2.45, 2.75) is 6.54 Å². The molecule has 5 heteroatoms. The van der Waals surface area contributed by atoms with E-state index in [0.29, 0.717) is 5.15 Å². The first kappa shape index (κ1) is 8.47. The second-order valence-electron chi connectivity index (χ2n) is 2.71. The first-order chi connectivity index (χ1) is 6.31. The van der Waals surface area contributed by atoms with Crippen LogP contribution in [-0.2, 0) is 6.54 Å². The molecule has 1 N–H and O–H groups in total. The minimum Gasteiger partial charge on any atom is -0.314 e. The molecule has 0 unspecified atom stereocenters. The van der Waals surface area contributed by atoms with Crippen LogP contribution in [0.4, 0.5) is 0 Å². The molecule has 2 aromatic rings. The lowest BCUT2D eigenvalue weighted by atomic mass is 10.5. The van der Waals surface area contributed by atoms with Gasteiger partial charge in [-0.1, -0.05) is 11.6 Å². The van der Waals surface area contributed by atoms with Crippen molar-refractivity contribution in [2.24, 2.45) is 0 Å². The molecule has 0 aromatic carbocycles. The number of nitrogens with zero attached hydrogens (tertiary/aromatic N) is 3. The van der Waals surface area contributed by atoms with E-state index in [-0.39, 0.29) is 0 Å². The first-order valence-electron chi connectivity index (χ1n) is 3.95. The maximum atomic E-state index is 5.77. The van der Waals surface area contributed by atoms with Gasteiger partial charge in [0.25, 0.3) is 0 Å². The van der Waals surface area contributed by atoms with Crippen LogP contribution in [0.15, 0.2) is 18.3 Å². The van der Waals surface area contributed by atoms with Gasteiger partial charge in [0, 0.05) is 6.54 Å². The van der Waals surface area contributed by atoms with Crippen LogP contribution in [-0.4, -0.2) is 21.6 Å². The number of fused-ring (bicyclic) bond motifs is 1. The van der Waals surface area contributed by atoms with Gasteiger partial charge in [-0.25, -0.2) is 9.50 Å². The van der Waals surface area contributed by atoms with E-state index in [4.69, 9.17) is 11.6 Å². The smallest absolute Gasteiger partial charge is 0.153 e. The minimum atomic E-state index is 0.475. The zero-order valence-corrected chi connectivity index (χ0v) is 7.91. The van der Waals surface area contributed by atoms with E-state index in [1.54, 1.807) is 16.8 Å². The molecule has 0 aliphatic carbocycles. The van der Waals surface area contributed by atoms with E-state index in [0.717, 1.165) is 17.9 Å². The standard InChI is InChI=1S/C8H9ClN4/c1-10-4-6-5-11-8-3-2-7(9)12-13(6)8/h2-3,5,10H,4H2,1H3. The predicted octanol–water partition coefficient (Wildman–Crippen LogP) is 1.10. The molecule has 0 aliphatic rings. The summed E-state index contributed by atoms with van der Waals surface area (Å²) in [6.07, 6.45) is 1.79. The second-order valence-corrected chi connectivity index (χ2v) is 3.09. The van der Waals surface area contributed by atoms with Crippen LogP contribution in [0.25, 0.3) is 5.65 Å².